The number of hydrogen-bond donors (Lipinski definition) is 0. The summed E-state index contributed by atoms with van der Waals surface area (Å²) < 4.78 is 0. The minimum atomic E-state index is 0.303. The predicted molar refractivity (Wildman–Crippen MR) is 91.3 cm³/mol. The second kappa shape index (κ2) is 7.41. The van der Waals surface area contributed by atoms with Crippen molar-refractivity contribution in [3.63, 3.8) is 0 Å². The van der Waals surface area contributed by atoms with Crippen LogP contribution in [0.1, 0.15) is 30.7 Å². The van der Waals surface area contributed by atoms with Crippen molar-refractivity contribution in [2.45, 2.75) is 31.2 Å². The van der Waals surface area contributed by atoms with E-state index in [0.29, 0.717) is 24.4 Å². The van der Waals surface area contributed by atoms with E-state index in [1.54, 1.807) is 0 Å². The molecule has 1 amide bonds. The fourth-order valence-electron chi connectivity index (χ4n) is 3.77. The van der Waals surface area contributed by atoms with Crippen molar-refractivity contribution in [1.82, 2.24) is 19.7 Å². The fraction of sp³-hybridized carbons (Fsp3) is 0.667. The van der Waals surface area contributed by atoms with Crippen LogP contribution >= 0.6 is 0 Å². The lowest BCUT2D eigenvalue weighted by Crippen LogP contribution is -2.44. The van der Waals surface area contributed by atoms with Crippen LogP contribution in [-0.2, 0) is 4.79 Å². The Morgan fingerprint density at radius 3 is 2.48 bits per heavy atom. The first-order valence-corrected chi connectivity index (χ1v) is 8.70. The number of carbonyl (C=O) groups is 1. The van der Waals surface area contributed by atoms with Crippen LogP contribution in [0.3, 0.4) is 0 Å². The molecule has 2 fully saturated rings. The number of likely N-dealkylation sites (N-methyl/N-ethyl adjacent to an activating group) is 1. The summed E-state index contributed by atoms with van der Waals surface area (Å²) in [5.41, 5.74) is 1.36. The van der Waals surface area contributed by atoms with Crippen LogP contribution in [0.25, 0.3) is 0 Å². The number of likely N-dealkylation sites (tertiary alicyclic amines) is 2. The zero-order valence-corrected chi connectivity index (χ0v) is 14.3. The molecule has 2 aliphatic heterocycles. The Labute approximate surface area is 139 Å². The topological polar surface area (TPSA) is 39.7 Å². The molecule has 126 valence electrons. The summed E-state index contributed by atoms with van der Waals surface area (Å²) in [6.45, 7) is 4.42. The molecule has 1 atom stereocenters. The monoisotopic (exact) mass is 316 g/mol. The first-order valence-electron chi connectivity index (χ1n) is 8.70. The Hall–Kier alpha value is -1.46. The maximum absolute atomic E-state index is 12.5. The van der Waals surface area contributed by atoms with Crippen LogP contribution < -0.4 is 0 Å². The molecule has 0 spiro atoms. The van der Waals surface area contributed by atoms with Gasteiger partial charge in [-0.25, -0.2) is 0 Å². The third kappa shape index (κ3) is 4.09. The van der Waals surface area contributed by atoms with Crippen LogP contribution in [-0.4, -0.2) is 78.5 Å². The molecule has 3 heterocycles. The Morgan fingerprint density at radius 1 is 1.17 bits per heavy atom. The highest BCUT2D eigenvalue weighted by molar-refractivity contribution is 5.78. The molecule has 5 heteroatoms. The molecule has 0 saturated carbocycles. The van der Waals surface area contributed by atoms with Gasteiger partial charge in [0, 0.05) is 44.6 Å². The van der Waals surface area contributed by atoms with Gasteiger partial charge in [-0.15, -0.1) is 0 Å². The number of hydrogen-bond acceptors (Lipinski definition) is 4. The molecule has 0 N–H and O–H groups in total. The van der Waals surface area contributed by atoms with Gasteiger partial charge >= 0.3 is 0 Å². The number of piperidine rings is 1. The Bertz CT molecular complexity index is 511. The Kier molecular flexibility index (Phi) is 5.28. The molecule has 1 aromatic heterocycles. The molecule has 0 aromatic carbocycles. The van der Waals surface area contributed by atoms with E-state index in [0.717, 1.165) is 39.0 Å². The lowest BCUT2D eigenvalue weighted by atomic mass is 9.90. The van der Waals surface area contributed by atoms with Crippen LogP contribution in [0.5, 0.6) is 0 Å². The quantitative estimate of drug-likeness (QED) is 0.842. The molecule has 0 unspecified atom stereocenters. The Morgan fingerprint density at radius 2 is 1.87 bits per heavy atom. The SMILES string of the molecule is CN(C)[C@@H]1CCN(CC(=O)N2CCC(c3ccncc3)CC2)C1. The van der Waals surface area contributed by atoms with Crippen molar-refractivity contribution in [3.8, 4) is 0 Å². The van der Waals surface area contributed by atoms with Gasteiger partial charge in [0.2, 0.25) is 5.91 Å². The minimum Gasteiger partial charge on any atom is -0.342 e. The molecule has 0 radical (unpaired) electrons. The maximum Gasteiger partial charge on any atom is 0.236 e. The second-order valence-corrected chi connectivity index (χ2v) is 7.08. The summed E-state index contributed by atoms with van der Waals surface area (Å²) in [4.78, 5) is 23.3. The first kappa shape index (κ1) is 16.4. The third-order valence-electron chi connectivity index (χ3n) is 5.36. The standard InChI is InChI=1S/C18H28N4O/c1-20(2)17-7-10-21(13-17)14-18(23)22-11-5-16(6-12-22)15-3-8-19-9-4-15/h3-4,8-9,16-17H,5-7,10-14H2,1-2H3/t17-/m1/s1. The summed E-state index contributed by atoms with van der Waals surface area (Å²) in [6.07, 6.45) is 7.03. The molecule has 23 heavy (non-hydrogen) atoms. The minimum absolute atomic E-state index is 0.303. The average Bonchev–Trinajstić information content (AvgIpc) is 3.04. The van der Waals surface area contributed by atoms with Crippen LogP contribution in [0.15, 0.2) is 24.5 Å². The molecule has 5 nitrogen and oxygen atoms in total. The zero-order valence-electron chi connectivity index (χ0n) is 14.3. The highest BCUT2D eigenvalue weighted by Crippen LogP contribution is 2.27. The Balaban J connectivity index is 1.45. The number of aromatic nitrogens is 1. The summed E-state index contributed by atoms with van der Waals surface area (Å²) in [5, 5.41) is 0. The van der Waals surface area contributed by atoms with Crippen LogP contribution in [0.4, 0.5) is 0 Å². The molecular weight excluding hydrogens is 288 g/mol. The van der Waals surface area contributed by atoms with Crippen molar-refractivity contribution in [3.05, 3.63) is 30.1 Å². The fourth-order valence-corrected chi connectivity index (χ4v) is 3.77. The van der Waals surface area contributed by atoms with E-state index in [-0.39, 0.29) is 0 Å². The molecule has 0 bridgehead atoms. The van der Waals surface area contributed by atoms with E-state index < -0.39 is 0 Å². The van der Waals surface area contributed by atoms with Crippen LogP contribution in [0, 0.1) is 0 Å². The largest absolute Gasteiger partial charge is 0.342 e. The molecule has 0 aliphatic carbocycles. The highest BCUT2D eigenvalue weighted by atomic mass is 16.2. The van der Waals surface area contributed by atoms with Crippen molar-refractivity contribution in [2.24, 2.45) is 0 Å². The number of amides is 1. The van der Waals surface area contributed by atoms with Crippen LogP contribution in [0.2, 0.25) is 0 Å². The van der Waals surface area contributed by atoms with Gasteiger partial charge in [0.1, 0.15) is 0 Å². The van der Waals surface area contributed by atoms with Gasteiger partial charge in [0.15, 0.2) is 0 Å². The van der Waals surface area contributed by atoms with Gasteiger partial charge in [0.25, 0.3) is 0 Å². The van der Waals surface area contributed by atoms with Gasteiger partial charge in [-0.05, 0) is 57.0 Å². The van der Waals surface area contributed by atoms with E-state index in [9.17, 15) is 4.79 Å². The molecule has 3 rings (SSSR count). The zero-order chi connectivity index (χ0) is 16.2. The molecule has 2 saturated heterocycles. The maximum atomic E-state index is 12.5. The number of carbonyl (C=O) groups excluding carboxylic acids is 1. The van der Waals surface area contributed by atoms with Gasteiger partial charge in [-0.1, -0.05) is 0 Å². The van der Waals surface area contributed by atoms with Gasteiger partial charge < -0.3 is 9.80 Å². The van der Waals surface area contributed by atoms with E-state index in [2.05, 4.69) is 45.9 Å². The third-order valence-corrected chi connectivity index (χ3v) is 5.36. The van der Waals surface area contributed by atoms with Gasteiger partial charge in [0.05, 0.1) is 6.54 Å². The van der Waals surface area contributed by atoms with E-state index in [1.807, 2.05) is 12.4 Å². The lowest BCUT2D eigenvalue weighted by Gasteiger charge is -2.33. The van der Waals surface area contributed by atoms with Gasteiger partial charge in [-0.3, -0.25) is 14.7 Å². The van der Waals surface area contributed by atoms with Crippen molar-refractivity contribution in [2.75, 3.05) is 46.8 Å². The first-order chi connectivity index (χ1) is 11.1. The summed E-state index contributed by atoms with van der Waals surface area (Å²) in [5.74, 6) is 0.879. The predicted octanol–water partition coefficient (Wildman–Crippen LogP) is 1.42. The van der Waals surface area contributed by atoms with Gasteiger partial charge in [-0.2, -0.15) is 0 Å². The number of rotatable bonds is 4. The second-order valence-electron chi connectivity index (χ2n) is 7.08. The number of pyridine rings is 1. The molecular formula is C18H28N4O. The average molecular weight is 316 g/mol. The highest BCUT2D eigenvalue weighted by Gasteiger charge is 2.28. The van der Waals surface area contributed by atoms with E-state index >= 15 is 0 Å². The number of nitrogens with zero attached hydrogens (tertiary/aromatic N) is 4. The molecule has 2 aliphatic rings. The summed E-state index contributed by atoms with van der Waals surface area (Å²) in [6, 6.07) is 4.81. The normalized spacial score (nSPS) is 23.6. The van der Waals surface area contributed by atoms with Crippen molar-refractivity contribution >= 4 is 5.91 Å². The van der Waals surface area contributed by atoms with Crippen molar-refractivity contribution in [1.29, 1.82) is 0 Å². The summed E-state index contributed by atoms with van der Waals surface area (Å²) in [7, 11) is 4.25. The van der Waals surface area contributed by atoms with E-state index in [4.69, 9.17) is 0 Å². The van der Waals surface area contributed by atoms with E-state index in [1.165, 1.54) is 12.0 Å². The smallest absolute Gasteiger partial charge is 0.236 e. The lowest BCUT2D eigenvalue weighted by molar-refractivity contribution is -0.133. The van der Waals surface area contributed by atoms with Crippen molar-refractivity contribution < 1.29 is 4.79 Å². The summed E-state index contributed by atoms with van der Waals surface area (Å²) >= 11 is 0. The molecule has 1 aromatic rings.